The zero-order chi connectivity index (χ0) is 24.1. The van der Waals surface area contributed by atoms with Crippen LogP contribution in [-0.2, 0) is 10.0 Å². The van der Waals surface area contributed by atoms with Gasteiger partial charge < -0.3 is 5.32 Å². The second kappa shape index (κ2) is 10.7. The van der Waals surface area contributed by atoms with Gasteiger partial charge >= 0.3 is 0 Å². The summed E-state index contributed by atoms with van der Waals surface area (Å²) in [5.41, 5.74) is 3.11. The van der Waals surface area contributed by atoms with Crippen molar-refractivity contribution in [3.05, 3.63) is 100 Å². The molecule has 1 amide bonds. The molecule has 3 aromatic rings. The summed E-state index contributed by atoms with van der Waals surface area (Å²) in [5, 5.41) is 3.27. The number of aryl methyl sites for hydroxylation is 1. The minimum atomic E-state index is -3.70. The van der Waals surface area contributed by atoms with Gasteiger partial charge in [-0.1, -0.05) is 84.6 Å². The molecule has 0 spiro atoms. The number of carbonyl (C=O) groups excluding carboxylic acids is 1. The molecule has 7 heteroatoms. The number of halogens is 1. The number of benzene rings is 3. The maximum absolute atomic E-state index is 13.4. The molecule has 1 N–H and O–H groups in total. The lowest BCUT2D eigenvalue weighted by molar-refractivity contribution is 0.0943. The molecule has 0 bridgehead atoms. The third kappa shape index (κ3) is 5.52. The van der Waals surface area contributed by atoms with Crippen LogP contribution in [0.1, 0.15) is 58.8 Å². The summed E-state index contributed by atoms with van der Waals surface area (Å²) in [6, 6.07) is 21.6. The van der Waals surface area contributed by atoms with Crippen molar-refractivity contribution in [2.75, 3.05) is 13.1 Å². The van der Waals surface area contributed by atoms with Crippen LogP contribution in [-0.4, -0.2) is 31.7 Å². The maximum atomic E-state index is 13.4. The van der Waals surface area contributed by atoms with Crippen molar-refractivity contribution < 1.29 is 13.2 Å². The van der Waals surface area contributed by atoms with Crippen molar-refractivity contribution in [2.24, 2.45) is 0 Å². The van der Waals surface area contributed by atoms with Crippen molar-refractivity contribution in [3.8, 4) is 0 Å². The summed E-state index contributed by atoms with van der Waals surface area (Å²) in [6.07, 6.45) is 3.74. The van der Waals surface area contributed by atoms with Gasteiger partial charge in [-0.05, 0) is 49.1 Å². The van der Waals surface area contributed by atoms with Gasteiger partial charge in [-0.25, -0.2) is 8.42 Å². The molecule has 0 aliphatic carbocycles. The summed E-state index contributed by atoms with van der Waals surface area (Å²) in [6.45, 7) is 3.00. The van der Waals surface area contributed by atoms with Gasteiger partial charge in [0.15, 0.2) is 0 Å². The van der Waals surface area contributed by atoms with E-state index in [1.165, 1.54) is 22.5 Å². The van der Waals surface area contributed by atoms with Crippen LogP contribution >= 0.6 is 11.6 Å². The number of nitrogens with one attached hydrogen (secondary N) is 1. The van der Waals surface area contributed by atoms with E-state index in [0.29, 0.717) is 13.1 Å². The summed E-state index contributed by atoms with van der Waals surface area (Å²) >= 11 is 6.38. The monoisotopic (exact) mass is 496 g/mol. The Labute approximate surface area is 206 Å². The van der Waals surface area contributed by atoms with E-state index in [1.54, 1.807) is 0 Å². The van der Waals surface area contributed by atoms with Gasteiger partial charge in [-0.3, -0.25) is 4.79 Å². The van der Waals surface area contributed by atoms with Crippen LogP contribution in [0.5, 0.6) is 0 Å². The molecule has 1 fully saturated rings. The van der Waals surface area contributed by atoms with Crippen molar-refractivity contribution in [2.45, 2.75) is 43.5 Å². The first-order valence-electron chi connectivity index (χ1n) is 11.6. The molecule has 1 aliphatic heterocycles. The summed E-state index contributed by atoms with van der Waals surface area (Å²) < 4.78 is 28.1. The Balaban J connectivity index is 1.65. The predicted molar refractivity (Wildman–Crippen MR) is 136 cm³/mol. The zero-order valence-electron chi connectivity index (χ0n) is 19.2. The Morgan fingerprint density at radius 2 is 1.50 bits per heavy atom. The highest BCUT2D eigenvalue weighted by Crippen LogP contribution is 2.27. The van der Waals surface area contributed by atoms with E-state index in [4.69, 9.17) is 11.6 Å². The fourth-order valence-corrected chi connectivity index (χ4v) is 5.99. The van der Waals surface area contributed by atoms with E-state index in [-0.39, 0.29) is 15.5 Å². The number of amides is 1. The minimum absolute atomic E-state index is 0.0931. The molecule has 0 unspecified atom stereocenters. The predicted octanol–water partition coefficient (Wildman–Crippen LogP) is 5.73. The molecular formula is C27H29ClN2O3S. The molecule has 1 heterocycles. The van der Waals surface area contributed by atoms with Crippen LogP contribution in [0.2, 0.25) is 5.02 Å². The third-order valence-corrected chi connectivity index (χ3v) is 8.43. The second-order valence-corrected chi connectivity index (χ2v) is 11.0. The van der Waals surface area contributed by atoms with Gasteiger partial charge in [0.05, 0.1) is 21.5 Å². The highest BCUT2D eigenvalue weighted by Gasteiger charge is 2.27. The quantitative estimate of drug-likeness (QED) is 0.473. The third-order valence-electron chi connectivity index (χ3n) is 6.20. The molecular weight excluding hydrogens is 468 g/mol. The largest absolute Gasteiger partial charge is 0.341 e. The highest BCUT2D eigenvalue weighted by atomic mass is 35.5. The van der Waals surface area contributed by atoms with E-state index < -0.39 is 22.0 Å². The van der Waals surface area contributed by atoms with Crippen LogP contribution in [0.4, 0.5) is 0 Å². The van der Waals surface area contributed by atoms with Gasteiger partial charge in [-0.15, -0.1) is 0 Å². The van der Waals surface area contributed by atoms with E-state index in [9.17, 15) is 13.2 Å². The molecule has 3 aromatic carbocycles. The molecule has 4 rings (SSSR count). The lowest BCUT2D eigenvalue weighted by Gasteiger charge is -2.22. The van der Waals surface area contributed by atoms with Crippen LogP contribution in [0, 0.1) is 6.92 Å². The fourth-order valence-electron chi connectivity index (χ4n) is 4.24. The van der Waals surface area contributed by atoms with Crippen LogP contribution in [0.15, 0.2) is 77.7 Å². The lowest BCUT2D eigenvalue weighted by Crippen LogP contribution is -2.32. The van der Waals surface area contributed by atoms with Crippen LogP contribution < -0.4 is 5.32 Å². The summed E-state index contributed by atoms with van der Waals surface area (Å²) in [7, 11) is -3.70. The Morgan fingerprint density at radius 1 is 0.882 bits per heavy atom. The first-order chi connectivity index (χ1) is 16.4. The van der Waals surface area contributed by atoms with Gasteiger partial charge in [0, 0.05) is 13.1 Å². The molecule has 0 saturated carbocycles. The molecule has 5 nitrogen and oxygen atoms in total. The average molecular weight is 497 g/mol. The molecule has 0 aromatic heterocycles. The number of sulfonamides is 1. The van der Waals surface area contributed by atoms with Crippen molar-refractivity contribution in [1.29, 1.82) is 0 Å². The number of nitrogens with zero attached hydrogens (tertiary/aromatic N) is 1. The Kier molecular flexibility index (Phi) is 7.71. The van der Waals surface area contributed by atoms with Gasteiger partial charge in [0.1, 0.15) is 0 Å². The number of rotatable bonds is 6. The van der Waals surface area contributed by atoms with Crippen molar-refractivity contribution >= 4 is 27.5 Å². The first-order valence-corrected chi connectivity index (χ1v) is 13.4. The molecule has 1 aliphatic rings. The van der Waals surface area contributed by atoms with Gasteiger partial charge in [0.2, 0.25) is 10.0 Å². The molecule has 1 atom stereocenters. The first kappa shape index (κ1) is 24.5. The maximum Gasteiger partial charge on any atom is 0.253 e. The van der Waals surface area contributed by atoms with Crippen LogP contribution in [0.25, 0.3) is 0 Å². The highest BCUT2D eigenvalue weighted by molar-refractivity contribution is 7.89. The number of carbonyl (C=O) groups is 1. The Hall–Kier alpha value is -2.67. The average Bonchev–Trinajstić information content (AvgIpc) is 3.14. The second-order valence-electron chi connectivity index (χ2n) is 8.69. The Morgan fingerprint density at radius 3 is 2.15 bits per heavy atom. The van der Waals surface area contributed by atoms with Gasteiger partial charge in [0.25, 0.3) is 5.91 Å². The summed E-state index contributed by atoms with van der Waals surface area (Å²) in [5.74, 6) is -0.424. The van der Waals surface area contributed by atoms with Crippen molar-refractivity contribution in [3.63, 3.8) is 0 Å². The SMILES string of the molecule is Cc1ccc([C@@H](NC(=O)c2cc(S(=O)(=O)N3CCCCCC3)ccc2Cl)c2ccccc2)cc1. The van der Waals surface area contributed by atoms with E-state index >= 15 is 0 Å². The Bertz CT molecular complexity index is 1240. The lowest BCUT2D eigenvalue weighted by atomic mass is 9.97. The molecule has 1 saturated heterocycles. The smallest absolute Gasteiger partial charge is 0.253 e. The fraction of sp³-hybridized carbons (Fsp3) is 0.296. The van der Waals surface area contributed by atoms with E-state index in [0.717, 1.165) is 42.4 Å². The number of hydrogen-bond donors (Lipinski definition) is 1. The van der Waals surface area contributed by atoms with E-state index in [2.05, 4.69) is 5.32 Å². The van der Waals surface area contributed by atoms with E-state index in [1.807, 2.05) is 61.5 Å². The molecule has 0 radical (unpaired) electrons. The molecule has 178 valence electrons. The van der Waals surface area contributed by atoms with Crippen LogP contribution in [0.3, 0.4) is 0 Å². The standard InChI is InChI=1S/C27H29ClN2O3S/c1-20-11-13-22(14-12-20)26(21-9-5-4-6-10-21)29-27(31)24-19-23(15-16-25(24)28)34(32,33)30-17-7-2-3-8-18-30/h4-6,9-16,19,26H,2-3,7-8,17-18H2,1H3,(H,29,31)/t26-/m0/s1. The van der Waals surface area contributed by atoms with Gasteiger partial charge in [-0.2, -0.15) is 4.31 Å². The minimum Gasteiger partial charge on any atom is -0.341 e. The van der Waals surface area contributed by atoms with Crippen molar-refractivity contribution in [1.82, 2.24) is 9.62 Å². The summed E-state index contributed by atoms with van der Waals surface area (Å²) in [4.78, 5) is 13.5. The number of hydrogen-bond acceptors (Lipinski definition) is 3. The normalized spacial score (nSPS) is 15.9. The molecule has 34 heavy (non-hydrogen) atoms. The zero-order valence-corrected chi connectivity index (χ0v) is 20.8. The topological polar surface area (TPSA) is 66.5 Å².